The van der Waals surface area contributed by atoms with Gasteiger partial charge in [0.2, 0.25) is 0 Å². The number of hydrogen-bond acceptors (Lipinski definition) is 6. The number of piperidine rings is 1. The molecule has 8 nitrogen and oxygen atoms in total. The Labute approximate surface area is 252 Å². The summed E-state index contributed by atoms with van der Waals surface area (Å²) in [6.45, 7) is 0.859. The number of Topliss-reactive ketones (excluding diaryl/α,β-unsaturated/α-hetero) is 1. The topological polar surface area (TPSA) is 112 Å². The van der Waals surface area contributed by atoms with E-state index in [0.29, 0.717) is 74.1 Å². The number of ether oxygens (including phenoxy) is 1. The van der Waals surface area contributed by atoms with Gasteiger partial charge < -0.3 is 15.0 Å². The van der Waals surface area contributed by atoms with Crippen LogP contribution in [0.5, 0.6) is 5.75 Å². The molecule has 1 saturated carbocycles. The SMILES string of the molecule is N#Cc1ccc(C(=O)C2CCN(C(=O)c3ccc(C(=O)NC4CCC(Oc5ccc(C(F)(F)F)cc5)CC4)nc3)CC2)cc1. The van der Waals surface area contributed by atoms with Crippen molar-refractivity contribution in [2.45, 2.75) is 56.8 Å². The zero-order valence-corrected chi connectivity index (χ0v) is 23.8. The summed E-state index contributed by atoms with van der Waals surface area (Å²) < 4.78 is 44.1. The molecule has 2 heterocycles. The Balaban J connectivity index is 1.06. The highest BCUT2D eigenvalue weighted by Crippen LogP contribution is 2.31. The molecule has 44 heavy (non-hydrogen) atoms. The van der Waals surface area contributed by atoms with Crippen LogP contribution in [0.1, 0.15) is 80.9 Å². The third kappa shape index (κ3) is 7.43. The van der Waals surface area contributed by atoms with E-state index in [1.165, 1.54) is 24.4 Å². The maximum atomic E-state index is 13.0. The lowest BCUT2D eigenvalue weighted by Gasteiger charge is -2.31. The van der Waals surface area contributed by atoms with E-state index < -0.39 is 11.7 Å². The zero-order chi connectivity index (χ0) is 31.3. The predicted octanol–water partition coefficient (Wildman–Crippen LogP) is 5.83. The molecule has 0 bridgehead atoms. The van der Waals surface area contributed by atoms with E-state index in [0.717, 1.165) is 12.1 Å². The molecule has 3 aromatic rings. The normalized spacial score (nSPS) is 19.1. The summed E-state index contributed by atoms with van der Waals surface area (Å²) >= 11 is 0. The van der Waals surface area contributed by atoms with Gasteiger partial charge in [-0.05, 0) is 87.1 Å². The number of nitriles is 1. The van der Waals surface area contributed by atoms with Crippen LogP contribution in [0, 0.1) is 17.2 Å². The number of nitrogens with one attached hydrogen (secondary N) is 1. The number of halogens is 3. The molecule has 0 atom stereocenters. The lowest BCUT2D eigenvalue weighted by atomic mass is 9.88. The summed E-state index contributed by atoms with van der Waals surface area (Å²) in [5, 5.41) is 11.9. The number of carbonyl (C=O) groups excluding carboxylic acids is 3. The first-order valence-electron chi connectivity index (χ1n) is 14.5. The highest BCUT2D eigenvalue weighted by molar-refractivity contribution is 5.99. The van der Waals surface area contributed by atoms with E-state index in [4.69, 9.17) is 10.00 Å². The molecule has 1 aliphatic carbocycles. The van der Waals surface area contributed by atoms with E-state index in [1.807, 2.05) is 6.07 Å². The summed E-state index contributed by atoms with van der Waals surface area (Å²) in [6, 6.07) is 16.2. The standard InChI is InChI=1S/C33H31F3N4O4/c34-33(35,36)25-6-10-27(11-7-25)44-28-12-8-26(9-13-28)39-31(42)29-14-5-24(20-38-29)32(43)40-17-15-23(16-18-40)30(41)22-3-1-21(19-37)2-4-22/h1-7,10-11,14,20,23,26,28H,8-9,12-13,15-18H2,(H,39,42). The average molecular weight is 605 g/mol. The molecule has 2 aliphatic rings. The second-order valence-corrected chi connectivity index (χ2v) is 11.1. The molecule has 2 fully saturated rings. The summed E-state index contributed by atoms with van der Waals surface area (Å²) in [5.41, 5.74) is 0.882. The third-order valence-electron chi connectivity index (χ3n) is 8.19. The van der Waals surface area contributed by atoms with Gasteiger partial charge in [-0.1, -0.05) is 12.1 Å². The van der Waals surface area contributed by atoms with Gasteiger partial charge in [0.25, 0.3) is 11.8 Å². The smallest absolute Gasteiger partial charge is 0.416 e. The van der Waals surface area contributed by atoms with Crippen molar-refractivity contribution < 1.29 is 32.3 Å². The molecular formula is C33H31F3N4O4. The summed E-state index contributed by atoms with van der Waals surface area (Å²) in [4.78, 5) is 44.6. The van der Waals surface area contributed by atoms with Gasteiger partial charge in [-0.2, -0.15) is 18.4 Å². The van der Waals surface area contributed by atoms with Crippen LogP contribution in [0.3, 0.4) is 0 Å². The first kappa shape index (κ1) is 30.7. The minimum absolute atomic E-state index is 0.0128. The molecule has 1 aliphatic heterocycles. The van der Waals surface area contributed by atoms with Crippen molar-refractivity contribution in [2.75, 3.05) is 13.1 Å². The second kappa shape index (κ2) is 13.3. The second-order valence-electron chi connectivity index (χ2n) is 11.1. The Kier molecular flexibility index (Phi) is 9.28. The maximum absolute atomic E-state index is 13.0. The Hall–Kier alpha value is -4.72. The van der Waals surface area contributed by atoms with E-state index in [1.54, 1.807) is 35.2 Å². The van der Waals surface area contributed by atoms with E-state index in [2.05, 4.69) is 10.3 Å². The number of pyridine rings is 1. The van der Waals surface area contributed by atoms with Crippen LogP contribution in [-0.2, 0) is 6.18 Å². The van der Waals surface area contributed by atoms with E-state index in [9.17, 15) is 27.6 Å². The molecule has 1 N–H and O–H groups in total. The van der Waals surface area contributed by atoms with Gasteiger partial charge in [0.1, 0.15) is 11.4 Å². The molecule has 1 saturated heterocycles. The molecule has 1 aromatic heterocycles. The fraction of sp³-hybridized carbons (Fsp3) is 0.364. The van der Waals surface area contributed by atoms with Crippen LogP contribution in [-0.4, -0.2) is 52.7 Å². The first-order valence-corrected chi connectivity index (χ1v) is 14.5. The zero-order valence-electron chi connectivity index (χ0n) is 23.8. The summed E-state index contributed by atoms with van der Waals surface area (Å²) in [5.74, 6) is -0.356. The van der Waals surface area contributed by atoms with Gasteiger partial charge in [0.15, 0.2) is 5.78 Å². The molecule has 228 valence electrons. The van der Waals surface area contributed by atoms with E-state index >= 15 is 0 Å². The Morgan fingerprint density at radius 2 is 1.50 bits per heavy atom. The highest BCUT2D eigenvalue weighted by atomic mass is 19.4. The van der Waals surface area contributed by atoms with Crippen molar-refractivity contribution >= 4 is 17.6 Å². The van der Waals surface area contributed by atoms with Gasteiger partial charge in [-0.15, -0.1) is 0 Å². The van der Waals surface area contributed by atoms with Crippen LogP contribution in [0.25, 0.3) is 0 Å². The number of aromatic nitrogens is 1. The van der Waals surface area contributed by atoms with E-state index in [-0.39, 0.29) is 41.4 Å². The largest absolute Gasteiger partial charge is 0.490 e. The molecule has 0 unspecified atom stereocenters. The van der Waals surface area contributed by atoms with Crippen molar-refractivity contribution in [3.8, 4) is 11.8 Å². The van der Waals surface area contributed by atoms with Gasteiger partial charge in [0.05, 0.1) is 28.9 Å². The van der Waals surface area contributed by atoms with Crippen LogP contribution in [0.15, 0.2) is 66.9 Å². The minimum Gasteiger partial charge on any atom is -0.490 e. The van der Waals surface area contributed by atoms with Crippen LogP contribution in [0.2, 0.25) is 0 Å². The number of amides is 2. The number of nitrogens with zero attached hydrogens (tertiary/aromatic N) is 3. The van der Waals surface area contributed by atoms with Crippen LogP contribution >= 0.6 is 0 Å². The predicted molar refractivity (Wildman–Crippen MR) is 154 cm³/mol. The Bertz CT molecular complexity index is 1520. The number of alkyl halides is 3. The molecule has 0 spiro atoms. The van der Waals surface area contributed by atoms with Crippen molar-refractivity contribution in [1.82, 2.24) is 15.2 Å². The molecule has 11 heteroatoms. The van der Waals surface area contributed by atoms with Gasteiger partial charge >= 0.3 is 6.18 Å². The number of rotatable bonds is 7. The fourth-order valence-corrected chi connectivity index (χ4v) is 5.63. The molecule has 2 amide bonds. The number of ketones is 1. The average Bonchev–Trinajstić information content (AvgIpc) is 3.05. The van der Waals surface area contributed by atoms with Crippen molar-refractivity contribution in [1.29, 1.82) is 5.26 Å². The molecule has 5 rings (SSSR count). The molecular weight excluding hydrogens is 573 g/mol. The van der Waals surface area contributed by atoms with Crippen LogP contribution in [0.4, 0.5) is 13.2 Å². The Morgan fingerprint density at radius 3 is 2.07 bits per heavy atom. The monoisotopic (exact) mass is 604 g/mol. The van der Waals surface area contributed by atoms with Crippen molar-refractivity contribution in [3.63, 3.8) is 0 Å². The lowest BCUT2D eigenvalue weighted by molar-refractivity contribution is -0.137. The quantitative estimate of drug-likeness (QED) is 0.340. The van der Waals surface area contributed by atoms with Crippen LogP contribution < -0.4 is 10.1 Å². The van der Waals surface area contributed by atoms with Crippen molar-refractivity contribution in [2.24, 2.45) is 5.92 Å². The summed E-state index contributed by atoms with van der Waals surface area (Å²) in [6.07, 6.45) is 0.503. The number of carbonyl (C=O) groups is 3. The van der Waals surface area contributed by atoms with Crippen molar-refractivity contribution in [3.05, 3.63) is 94.8 Å². The van der Waals surface area contributed by atoms with Gasteiger partial charge in [0, 0.05) is 36.8 Å². The lowest BCUT2D eigenvalue weighted by Crippen LogP contribution is -2.40. The fourth-order valence-electron chi connectivity index (χ4n) is 5.63. The first-order chi connectivity index (χ1) is 21.1. The third-order valence-corrected chi connectivity index (χ3v) is 8.19. The summed E-state index contributed by atoms with van der Waals surface area (Å²) in [7, 11) is 0. The minimum atomic E-state index is -4.39. The van der Waals surface area contributed by atoms with Gasteiger partial charge in [-0.3, -0.25) is 19.4 Å². The Morgan fingerprint density at radius 1 is 0.864 bits per heavy atom. The molecule has 2 aromatic carbocycles. The number of likely N-dealkylation sites (tertiary alicyclic amines) is 1. The number of hydrogen-bond donors (Lipinski definition) is 1. The molecule has 0 radical (unpaired) electrons. The maximum Gasteiger partial charge on any atom is 0.416 e. The number of benzene rings is 2. The van der Waals surface area contributed by atoms with Gasteiger partial charge in [-0.25, -0.2) is 0 Å². The highest BCUT2D eigenvalue weighted by Gasteiger charge is 2.31.